The van der Waals surface area contributed by atoms with E-state index in [9.17, 15) is 14.7 Å². The number of thiazole rings is 1. The normalized spacial score (nSPS) is 12.5. The summed E-state index contributed by atoms with van der Waals surface area (Å²) in [6.07, 6.45) is 0. The number of fused-ring (bicyclic) bond motifs is 3. The number of hydrogen-bond acceptors (Lipinski definition) is 4. The minimum Gasteiger partial charge on any atom is -0.481 e. The Bertz CT molecular complexity index is 1160. The Hall–Kier alpha value is -2.99. The molecule has 0 saturated heterocycles. The molecule has 2 aromatic heterocycles. The predicted molar refractivity (Wildman–Crippen MR) is 98.3 cm³/mol. The quantitative estimate of drug-likeness (QED) is 0.611. The van der Waals surface area contributed by atoms with Gasteiger partial charge >= 0.3 is 5.97 Å². The molecule has 25 heavy (non-hydrogen) atoms. The van der Waals surface area contributed by atoms with Crippen molar-refractivity contribution in [3.63, 3.8) is 0 Å². The van der Waals surface area contributed by atoms with Crippen molar-refractivity contribution in [2.75, 3.05) is 0 Å². The van der Waals surface area contributed by atoms with Gasteiger partial charge in [0, 0.05) is 6.07 Å². The van der Waals surface area contributed by atoms with E-state index in [2.05, 4.69) is 4.98 Å². The second kappa shape index (κ2) is 5.82. The third-order valence-electron chi connectivity index (χ3n) is 4.26. The second-order valence-electron chi connectivity index (χ2n) is 5.85. The predicted octanol–water partition coefficient (Wildman–Crippen LogP) is 3.76. The van der Waals surface area contributed by atoms with Crippen LogP contribution in [-0.4, -0.2) is 20.5 Å². The number of carbonyl (C=O) groups is 1. The van der Waals surface area contributed by atoms with E-state index in [1.165, 1.54) is 17.4 Å². The fourth-order valence-electron chi connectivity index (χ4n) is 2.89. The van der Waals surface area contributed by atoms with Gasteiger partial charge in [-0.3, -0.25) is 14.0 Å². The van der Waals surface area contributed by atoms with Crippen LogP contribution in [0.5, 0.6) is 0 Å². The molecular weight excluding hydrogens is 336 g/mol. The van der Waals surface area contributed by atoms with Crippen LogP contribution >= 0.6 is 11.3 Å². The molecule has 0 amide bonds. The van der Waals surface area contributed by atoms with Crippen LogP contribution in [-0.2, 0) is 4.79 Å². The fourth-order valence-corrected chi connectivity index (χ4v) is 3.97. The third-order valence-corrected chi connectivity index (χ3v) is 5.27. The summed E-state index contributed by atoms with van der Waals surface area (Å²) in [5, 5.41) is 9.22. The van der Waals surface area contributed by atoms with E-state index in [4.69, 9.17) is 0 Å². The van der Waals surface area contributed by atoms with E-state index in [1.807, 2.05) is 52.9 Å². The van der Waals surface area contributed by atoms with Gasteiger partial charge in [-0.25, -0.2) is 0 Å². The molecule has 0 radical (unpaired) electrons. The van der Waals surface area contributed by atoms with Crippen LogP contribution < -0.4 is 5.56 Å². The summed E-state index contributed by atoms with van der Waals surface area (Å²) in [7, 11) is 0. The second-order valence-corrected chi connectivity index (χ2v) is 6.86. The van der Waals surface area contributed by atoms with Gasteiger partial charge in [-0.1, -0.05) is 47.7 Å². The highest BCUT2D eigenvalue weighted by atomic mass is 32.1. The van der Waals surface area contributed by atoms with Crippen LogP contribution in [0.4, 0.5) is 0 Å². The molecule has 0 spiro atoms. The van der Waals surface area contributed by atoms with Gasteiger partial charge in [0.05, 0.1) is 21.8 Å². The molecule has 124 valence electrons. The molecule has 0 aliphatic carbocycles. The van der Waals surface area contributed by atoms with Gasteiger partial charge in [-0.15, -0.1) is 0 Å². The average Bonchev–Trinajstić information content (AvgIpc) is 2.98. The lowest BCUT2D eigenvalue weighted by molar-refractivity contribution is -0.138. The van der Waals surface area contributed by atoms with Crippen molar-refractivity contribution in [3.8, 4) is 11.3 Å². The van der Waals surface area contributed by atoms with Crippen molar-refractivity contribution in [3.05, 3.63) is 70.5 Å². The molecule has 5 nitrogen and oxygen atoms in total. The molecule has 2 heterocycles. The van der Waals surface area contributed by atoms with Crippen molar-refractivity contribution in [1.82, 2.24) is 9.38 Å². The largest absolute Gasteiger partial charge is 0.481 e. The number of aromatic nitrogens is 2. The zero-order valence-corrected chi connectivity index (χ0v) is 14.2. The molecule has 0 fully saturated rings. The first-order valence-corrected chi connectivity index (χ1v) is 8.61. The van der Waals surface area contributed by atoms with Crippen molar-refractivity contribution in [2.45, 2.75) is 12.8 Å². The standard InChI is InChI=1S/C19H14N2O3S/c1-11(18(23)24)13-7-8-14-16(9-13)25-19-20-17(22)10-15(21(14)19)12-5-3-2-4-6-12/h2-11H,1H3,(H,23,24). The SMILES string of the molecule is CC(C(=O)O)c1ccc2c(c1)sc1nc(=O)cc(-c3ccccc3)n12. The summed E-state index contributed by atoms with van der Waals surface area (Å²) in [6, 6.07) is 16.8. The first-order chi connectivity index (χ1) is 12.0. The van der Waals surface area contributed by atoms with E-state index in [1.54, 1.807) is 6.92 Å². The zero-order valence-electron chi connectivity index (χ0n) is 13.3. The summed E-state index contributed by atoms with van der Waals surface area (Å²) in [5.41, 5.74) is 3.06. The molecule has 0 saturated carbocycles. The molecular formula is C19H14N2O3S. The van der Waals surface area contributed by atoms with Gasteiger partial charge in [0.1, 0.15) is 0 Å². The Morgan fingerprint density at radius 1 is 1.16 bits per heavy atom. The van der Waals surface area contributed by atoms with Crippen LogP contribution in [0.3, 0.4) is 0 Å². The molecule has 0 aliphatic rings. The maximum Gasteiger partial charge on any atom is 0.310 e. The highest BCUT2D eigenvalue weighted by Crippen LogP contribution is 2.31. The van der Waals surface area contributed by atoms with E-state index in [0.29, 0.717) is 4.96 Å². The van der Waals surface area contributed by atoms with E-state index >= 15 is 0 Å². The summed E-state index contributed by atoms with van der Waals surface area (Å²) in [6.45, 7) is 1.66. The summed E-state index contributed by atoms with van der Waals surface area (Å²) >= 11 is 1.39. The molecule has 1 N–H and O–H groups in total. The molecule has 4 aromatic rings. The number of carboxylic acid groups (broad SMARTS) is 1. The van der Waals surface area contributed by atoms with E-state index < -0.39 is 11.9 Å². The van der Waals surface area contributed by atoms with Crippen molar-refractivity contribution >= 4 is 32.5 Å². The molecule has 2 aromatic carbocycles. The fraction of sp³-hybridized carbons (Fsp3) is 0.105. The van der Waals surface area contributed by atoms with Gasteiger partial charge in [-0.05, 0) is 30.2 Å². The van der Waals surface area contributed by atoms with Gasteiger partial charge < -0.3 is 5.11 Å². The number of benzene rings is 2. The minimum atomic E-state index is -0.863. The van der Waals surface area contributed by atoms with E-state index in [-0.39, 0.29) is 5.56 Å². The number of aliphatic carboxylic acids is 1. The van der Waals surface area contributed by atoms with Gasteiger partial charge in [-0.2, -0.15) is 4.98 Å². The summed E-state index contributed by atoms with van der Waals surface area (Å²) < 4.78 is 2.85. The van der Waals surface area contributed by atoms with Gasteiger partial charge in [0.15, 0.2) is 4.96 Å². The Morgan fingerprint density at radius 3 is 2.64 bits per heavy atom. The minimum absolute atomic E-state index is 0.287. The monoisotopic (exact) mass is 350 g/mol. The van der Waals surface area contributed by atoms with Crippen LogP contribution in [0.1, 0.15) is 18.4 Å². The molecule has 0 aliphatic heterocycles. The maximum atomic E-state index is 12.0. The Morgan fingerprint density at radius 2 is 1.92 bits per heavy atom. The lowest BCUT2D eigenvalue weighted by atomic mass is 10.0. The third kappa shape index (κ3) is 2.60. The van der Waals surface area contributed by atoms with E-state index in [0.717, 1.165) is 27.0 Å². The summed E-state index contributed by atoms with van der Waals surface area (Å²) in [4.78, 5) is 28.0. The topological polar surface area (TPSA) is 71.7 Å². The Labute approximate surface area is 146 Å². The average molecular weight is 350 g/mol. The number of hydrogen-bond donors (Lipinski definition) is 1. The van der Waals surface area contributed by atoms with Crippen LogP contribution in [0.15, 0.2) is 59.4 Å². The first-order valence-electron chi connectivity index (χ1n) is 7.79. The summed E-state index contributed by atoms with van der Waals surface area (Å²) in [5.74, 6) is -1.45. The first kappa shape index (κ1) is 15.5. The van der Waals surface area contributed by atoms with Crippen LogP contribution in [0, 0.1) is 0 Å². The van der Waals surface area contributed by atoms with Crippen molar-refractivity contribution in [1.29, 1.82) is 0 Å². The smallest absolute Gasteiger partial charge is 0.310 e. The molecule has 0 bridgehead atoms. The lowest BCUT2D eigenvalue weighted by Gasteiger charge is -2.08. The number of carboxylic acids is 1. The molecule has 4 rings (SSSR count). The highest BCUT2D eigenvalue weighted by Gasteiger charge is 2.17. The van der Waals surface area contributed by atoms with Crippen molar-refractivity contribution < 1.29 is 9.90 Å². The van der Waals surface area contributed by atoms with Gasteiger partial charge in [0.25, 0.3) is 5.56 Å². The number of nitrogens with zero attached hydrogens (tertiary/aromatic N) is 2. The van der Waals surface area contributed by atoms with Crippen LogP contribution in [0.2, 0.25) is 0 Å². The van der Waals surface area contributed by atoms with Gasteiger partial charge in [0.2, 0.25) is 0 Å². The number of rotatable bonds is 3. The molecule has 6 heteroatoms. The lowest BCUT2D eigenvalue weighted by Crippen LogP contribution is -2.08. The Kier molecular flexibility index (Phi) is 3.62. The molecule has 1 atom stereocenters. The van der Waals surface area contributed by atoms with Crippen molar-refractivity contribution in [2.24, 2.45) is 0 Å². The highest BCUT2D eigenvalue weighted by molar-refractivity contribution is 7.23. The van der Waals surface area contributed by atoms with Crippen LogP contribution in [0.25, 0.3) is 26.4 Å². The molecule has 1 unspecified atom stereocenters. The maximum absolute atomic E-state index is 12.0. The zero-order chi connectivity index (χ0) is 17.6. The Balaban J connectivity index is 2.03.